The maximum atomic E-state index is 12.4. The fourth-order valence-corrected chi connectivity index (χ4v) is 1.66. The van der Waals surface area contributed by atoms with E-state index in [-0.39, 0.29) is 6.04 Å². The molecule has 1 aromatic heterocycles. The van der Waals surface area contributed by atoms with Crippen molar-refractivity contribution in [2.75, 3.05) is 0 Å². The number of imidazole rings is 1. The van der Waals surface area contributed by atoms with Gasteiger partial charge in [0.1, 0.15) is 0 Å². The van der Waals surface area contributed by atoms with E-state index in [1.54, 1.807) is 6.20 Å². The molecule has 3 nitrogen and oxygen atoms in total. The molecule has 2 aromatic rings. The van der Waals surface area contributed by atoms with Gasteiger partial charge in [0.05, 0.1) is 23.6 Å². The fraction of sp³-hybridized carbons (Fsp3) is 0.250. The number of aromatic nitrogens is 2. The van der Waals surface area contributed by atoms with Crippen LogP contribution in [0.1, 0.15) is 22.9 Å². The molecule has 0 aliphatic rings. The van der Waals surface area contributed by atoms with E-state index in [9.17, 15) is 13.2 Å². The number of hydrogen-bond acceptors (Lipinski definition) is 2. The van der Waals surface area contributed by atoms with Crippen LogP contribution in [-0.4, -0.2) is 9.97 Å². The monoisotopic (exact) mass is 255 g/mol. The smallest absolute Gasteiger partial charge is 0.347 e. The van der Waals surface area contributed by atoms with Gasteiger partial charge in [-0.1, -0.05) is 12.1 Å². The number of alkyl halides is 3. The highest BCUT2D eigenvalue weighted by atomic mass is 19.4. The van der Waals surface area contributed by atoms with E-state index in [1.165, 1.54) is 18.5 Å². The van der Waals surface area contributed by atoms with Crippen LogP contribution in [-0.2, 0) is 12.6 Å². The van der Waals surface area contributed by atoms with Crippen molar-refractivity contribution >= 4 is 0 Å². The van der Waals surface area contributed by atoms with Crippen LogP contribution < -0.4 is 5.73 Å². The SMILES string of the molecule is NC(Cc1ccc(C(F)(F)F)cc1)c1cnc[nH]1. The van der Waals surface area contributed by atoms with Crippen molar-refractivity contribution < 1.29 is 13.2 Å². The van der Waals surface area contributed by atoms with E-state index in [2.05, 4.69) is 9.97 Å². The summed E-state index contributed by atoms with van der Waals surface area (Å²) in [6.07, 6.45) is -0.721. The zero-order valence-electron chi connectivity index (χ0n) is 9.41. The summed E-state index contributed by atoms with van der Waals surface area (Å²) in [5, 5.41) is 0. The Labute approximate surface area is 102 Å². The summed E-state index contributed by atoms with van der Waals surface area (Å²) < 4.78 is 37.1. The van der Waals surface area contributed by atoms with Gasteiger partial charge < -0.3 is 10.7 Å². The summed E-state index contributed by atoms with van der Waals surface area (Å²) in [6, 6.07) is 4.71. The molecule has 1 aromatic carbocycles. The van der Waals surface area contributed by atoms with E-state index in [1.807, 2.05) is 0 Å². The van der Waals surface area contributed by atoms with Crippen LogP contribution in [0, 0.1) is 0 Å². The lowest BCUT2D eigenvalue weighted by atomic mass is 10.0. The molecular formula is C12H12F3N3. The Morgan fingerprint density at radius 3 is 2.39 bits per heavy atom. The molecule has 0 saturated carbocycles. The first kappa shape index (κ1) is 12.6. The third-order valence-corrected chi connectivity index (χ3v) is 2.66. The first-order chi connectivity index (χ1) is 8.47. The van der Waals surface area contributed by atoms with Gasteiger partial charge >= 0.3 is 6.18 Å². The molecule has 2 rings (SSSR count). The van der Waals surface area contributed by atoms with Crippen LogP contribution in [0.5, 0.6) is 0 Å². The number of nitrogens with one attached hydrogen (secondary N) is 1. The zero-order chi connectivity index (χ0) is 13.2. The summed E-state index contributed by atoms with van der Waals surface area (Å²) in [6.45, 7) is 0. The highest BCUT2D eigenvalue weighted by Gasteiger charge is 2.29. The fourth-order valence-electron chi connectivity index (χ4n) is 1.66. The Hall–Kier alpha value is -1.82. The average molecular weight is 255 g/mol. The minimum atomic E-state index is -4.30. The number of nitrogens with two attached hydrogens (primary N) is 1. The lowest BCUT2D eigenvalue weighted by Gasteiger charge is -2.11. The first-order valence-corrected chi connectivity index (χ1v) is 5.37. The van der Waals surface area contributed by atoms with Crippen molar-refractivity contribution in [1.82, 2.24) is 9.97 Å². The van der Waals surface area contributed by atoms with Crippen molar-refractivity contribution in [3.63, 3.8) is 0 Å². The van der Waals surface area contributed by atoms with Crippen LogP contribution in [0.25, 0.3) is 0 Å². The van der Waals surface area contributed by atoms with Crippen molar-refractivity contribution in [2.45, 2.75) is 18.6 Å². The van der Waals surface area contributed by atoms with Crippen LogP contribution in [0.3, 0.4) is 0 Å². The molecule has 96 valence electrons. The van der Waals surface area contributed by atoms with E-state index < -0.39 is 11.7 Å². The zero-order valence-corrected chi connectivity index (χ0v) is 9.41. The Morgan fingerprint density at radius 2 is 1.89 bits per heavy atom. The topological polar surface area (TPSA) is 54.7 Å². The molecule has 18 heavy (non-hydrogen) atoms. The lowest BCUT2D eigenvalue weighted by Crippen LogP contribution is -2.14. The van der Waals surface area contributed by atoms with Gasteiger partial charge in [-0.2, -0.15) is 13.2 Å². The highest BCUT2D eigenvalue weighted by molar-refractivity contribution is 5.25. The molecule has 0 radical (unpaired) electrons. The average Bonchev–Trinajstić information content (AvgIpc) is 2.82. The predicted molar refractivity (Wildman–Crippen MR) is 60.7 cm³/mol. The van der Waals surface area contributed by atoms with Gasteiger partial charge in [0, 0.05) is 6.20 Å². The molecule has 3 N–H and O–H groups in total. The Morgan fingerprint density at radius 1 is 1.22 bits per heavy atom. The van der Waals surface area contributed by atoms with Crippen LogP contribution >= 0.6 is 0 Å². The third-order valence-electron chi connectivity index (χ3n) is 2.66. The van der Waals surface area contributed by atoms with Crippen molar-refractivity contribution in [3.05, 3.63) is 53.6 Å². The van der Waals surface area contributed by atoms with E-state index in [0.29, 0.717) is 6.42 Å². The van der Waals surface area contributed by atoms with E-state index in [0.717, 1.165) is 23.4 Å². The van der Waals surface area contributed by atoms with E-state index in [4.69, 9.17) is 5.73 Å². The number of halogens is 3. The summed E-state index contributed by atoms with van der Waals surface area (Å²) in [5.74, 6) is 0. The number of H-pyrrole nitrogens is 1. The largest absolute Gasteiger partial charge is 0.416 e. The Balaban J connectivity index is 2.07. The number of benzene rings is 1. The van der Waals surface area contributed by atoms with E-state index >= 15 is 0 Å². The van der Waals surface area contributed by atoms with Gasteiger partial charge in [0.2, 0.25) is 0 Å². The minimum Gasteiger partial charge on any atom is -0.347 e. The molecular weight excluding hydrogens is 243 g/mol. The number of hydrogen-bond donors (Lipinski definition) is 2. The van der Waals surface area contributed by atoms with Crippen molar-refractivity contribution in [2.24, 2.45) is 5.73 Å². The summed E-state index contributed by atoms with van der Waals surface area (Å²) in [4.78, 5) is 6.72. The standard InChI is InChI=1S/C12H12F3N3/c13-12(14,15)9-3-1-8(2-4-9)5-10(16)11-6-17-7-18-11/h1-4,6-7,10H,5,16H2,(H,17,18). The maximum absolute atomic E-state index is 12.4. The van der Waals surface area contributed by atoms with Gasteiger partial charge in [-0.3, -0.25) is 0 Å². The van der Waals surface area contributed by atoms with Crippen molar-refractivity contribution in [3.8, 4) is 0 Å². The molecule has 0 fully saturated rings. The second kappa shape index (κ2) is 4.81. The molecule has 1 atom stereocenters. The quantitative estimate of drug-likeness (QED) is 0.885. The minimum absolute atomic E-state index is 0.302. The van der Waals surface area contributed by atoms with Gasteiger partial charge in [0.25, 0.3) is 0 Å². The normalized spacial score (nSPS) is 13.6. The maximum Gasteiger partial charge on any atom is 0.416 e. The molecule has 0 aliphatic carbocycles. The van der Waals surface area contributed by atoms with Crippen molar-refractivity contribution in [1.29, 1.82) is 0 Å². The molecule has 1 heterocycles. The molecule has 0 amide bonds. The lowest BCUT2D eigenvalue weighted by molar-refractivity contribution is -0.137. The second-order valence-corrected chi connectivity index (χ2v) is 4.01. The summed E-state index contributed by atoms with van der Waals surface area (Å²) >= 11 is 0. The Kier molecular flexibility index (Phi) is 3.38. The second-order valence-electron chi connectivity index (χ2n) is 4.01. The predicted octanol–water partition coefficient (Wildman–Crippen LogP) is 2.67. The van der Waals surface area contributed by atoms with Gasteiger partial charge in [-0.05, 0) is 24.1 Å². The molecule has 0 aliphatic heterocycles. The van der Waals surface area contributed by atoms with Gasteiger partial charge in [0.15, 0.2) is 0 Å². The molecule has 0 spiro atoms. The van der Waals surface area contributed by atoms with Crippen LogP contribution in [0.15, 0.2) is 36.8 Å². The molecule has 0 saturated heterocycles. The summed E-state index contributed by atoms with van der Waals surface area (Å²) in [5.41, 5.74) is 6.76. The van der Waals surface area contributed by atoms with Gasteiger partial charge in [-0.25, -0.2) is 4.98 Å². The molecule has 6 heteroatoms. The molecule has 0 bridgehead atoms. The van der Waals surface area contributed by atoms with Crippen LogP contribution in [0.2, 0.25) is 0 Å². The number of nitrogens with zero attached hydrogens (tertiary/aromatic N) is 1. The first-order valence-electron chi connectivity index (χ1n) is 5.37. The summed E-state index contributed by atoms with van der Waals surface area (Å²) in [7, 11) is 0. The van der Waals surface area contributed by atoms with Gasteiger partial charge in [-0.15, -0.1) is 0 Å². The Bertz CT molecular complexity index is 488. The highest BCUT2D eigenvalue weighted by Crippen LogP contribution is 2.29. The van der Waals surface area contributed by atoms with Crippen LogP contribution in [0.4, 0.5) is 13.2 Å². The number of aromatic amines is 1. The third kappa shape index (κ3) is 2.89. The number of rotatable bonds is 3. The molecule has 1 unspecified atom stereocenters.